The predicted molar refractivity (Wildman–Crippen MR) is 110 cm³/mol. The molecule has 26 heavy (non-hydrogen) atoms. The van der Waals surface area contributed by atoms with Gasteiger partial charge in [0.1, 0.15) is 0 Å². The highest BCUT2D eigenvalue weighted by molar-refractivity contribution is 6.30. The molecule has 0 bridgehead atoms. The Morgan fingerprint density at radius 1 is 1.04 bits per heavy atom. The van der Waals surface area contributed by atoms with Crippen LogP contribution in [-0.2, 0) is 6.42 Å². The van der Waals surface area contributed by atoms with Crippen molar-refractivity contribution in [3.05, 3.63) is 58.6 Å². The molecule has 1 heterocycles. The molecular weight excluding hydrogens is 369 g/mol. The van der Waals surface area contributed by atoms with Gasteiger partial charge in [-0.15, -0.1) is 12.4 Å². The van der Waals surface area contributed by atoms with Gasteiger partial charge in [0.25, 0.3) is 0 Å². The van der Waals surface area contributed by atoms with Gasteiger partial charge in [0, 0.05) is 18.1 Å². The van der Waals surface area contributed by atoms with E-state index < -0.39 is 0 Å². The third kappa shape index (κ3) is 5.29. The standard InChI is InChI=1S/C21H26ClNO2.ClH/c1-24-20-10-5-16(14-21(20)25-2)11-13-23-12-3-4-18(15-23)17-6-8-19(22)9-7-17;/h5-10,14,18H,3-4,11-13,15H2,1-2H3;1H. The van der Waals surface area contributed by atoms with Gasteiger partial charge < -0.3 is 14.4 Å². The number of nitrogens with zero attached hydrogens (tertiary/aromatic N) is 1. The molecule has 1 saturated heterocycles. The van der Waals surface area contributed by atoms with Crippen molar-refractivity contribution in [2.45, 2.75) is 25.2 Å². The van der Waals surface area contributed by atoms with Gasteiger partial charge in [-0.3, -0.25) is 0 Å². The third-order valence-corrected chi connectivity index (χ3v) is 5.26. The van der Waals surface area contributed by atoms with Crippen molar-refractivity contribution in [1.29, 1.82) is 0 Å². The second kappa shape index (κ2) is 10.1. The molecular formula is C21H27Cl2NO2. The zero-order chi connectivity index (χ0) is 17.6. The molecule has 0 aliphatic carbocycles. The van der Waals surface area contributed by atoms with Crippen molar-refractivity contribution in [1.82, 2.24) is 4.90 Å². The smallest absolute Gasteiger partial charge is 0.160 e. The van der Waals surface area contributed by atoms with Gasteiger partial charge in [0.2, 0.25) is 0 Å². The van der Waals surface area contributed by atoms with Gasteiger partial charge in [-0.25, -0.2) is 0 Å². The van der Waals surface area contributed by atoms with Crippen LogP contribution in [0.15, 0.2) is 42.5 Å². The Kier molecular flexibility index (Phi) is 8.08. The maximum absolute atomic E-state index is 6.01. The van der Waals surface area contributed by atoms with E-state index in [1.165, 1.54) is 30.5 Å². The molecule has 1 unspecified atom stereocenters. The van der Waals surface area contributed by atoms with Crippen molar-refractivity contribution >= 4 is 24.0 Å². The van der Waals surface area contributed by atoms with Crippen molar-refractivity contribution in [2.75, 3.05) is 33.9 Å². The second-order valence-electron chi connectivity index (χ2n) is 6.63. The van der Waals surface area contributed by atoms with Crippen LogP contribution in [0.4, 0.5) is 0 Å². The van der Waals surface area contributed by atoms with E-state index in [1.807, 2.05) is 18.2 Å². The lowest BCUT2D eigenvalue weighted by Crippen LogP contribution is -2.35. The number of hydrogen-bond acceptors (Lipinski definition) is 3. The number of methoxy groups -OCH3 is 2. The average Bonchev–Trinajstić information content (AvgIpc) is 2.67. The molecule has 0 spiro atoms. The van der Waals surface area contributed by atoms with Gasteiger partial charge in [-0.05, 0) is 67.1 Å². The Morgan fingerprint density at radius 3 is 2.46 bits per heavy atom. The van der Waals surface area contributed by atoms with Crippen molar-refractivity contribution < 1.29 is 9.47 Å². The molecule has 0 saturated carbocycles. The molecule has 142 valence electrons. The number of hydrogen-bond donors (Lipinski definition) is 0. The zero-order valence-corrected chi connectivity index (χ0v) is 17.0. The molecule has 3 rings (SSSR count). The van der Waals surface area contributed by atoms with Crippen LogP contribution in [0.5, 0.6) is 11.5 Å². The normalized spacial score (nSPS) is 17.4. The second-order valence-corrected chi connectivity index (χ2v) is 7.07. The Morgan fingerprint density at radius 2 is 1.77 bits per heavy atom. The molecule has 0 amide bonds. The van der Waals surface area contributed by atoms with Crippen LogP contribution in [0, 0.1) is 0 Å². The van der Waals surface area contributed by atoms with Crippen LogP contribution in [-0.4, -0.2) is 38.8 Å². The first kappa shape index (κ1) is 20.9. The summed E-state index contributed by atoms with van der Waals surface area (Å²) in [6.45, 7) is 3.37. The molecule has 1 aliphatic rings. The van der Waals surface area contributed by atoms with Gasteiger partial charge in [0.05, 0.1) is 14.2 Å². The summed E-state index contributed by atoms with van der Waals surface area (Å²) in [5, 5.41) is 0.810. The minimum Gasteiger partial charge on any atom is -0.493 e. The first-order chi connectivity index (χ1) is 12.2. The molecule has 1 atom stereocenters. The summed E-state index contributed by atoms with van der Waals surface area (Å²) in [6, 6.07) is 14.5. The Bertz CT molecular complexity index is 691. The number of ether oxygens (including phenoxy) is 2. The Labute approximate surface area is 167 Å². The van der Waals surface area contributed by atoms with Crippen molar-refractivity contribution in [3.63, 3.8) is 0 Å². The maximum atomic E-state index is 6.01. The molecule has 1 fully saturated rings. The summed E-state index contributed by atoms with van der Waals surface area (Å²) in [7, 11) is 3.35. The van der Waals surface area contributed by atoms with Crippen LogP contribution in [0.25, 0.3) is 0 Å². The number of halogens is 2. The van der Waals surface area contributed by atoms with Gasteiger partial charge in [0.15, 0.2) is 11.5 Å². The summed E-state index contributed by atoms with van der Waals surface area (Å²) in [6.07, 6.45) is 3.53. The molecule has 1 aliphatic heterocycles. The fourth-order valence-electron chi connectivity index (χ4n) is 3.59. The van der Waals surface area contributed by atoms with Crippen LogP contribution >= 0.6 is 24.0 Å². The van der Waals surface area contributed by atoms with E-state index in [2.05, 4.69) is 29.2 Å². The zero-order valence-electron chi connectivity index (χ0n) is 15.4. The largest absolute Gasteiger partial charge is 0.493 e. The maximum Gasteiger partial charge on any atom is 0.160 e. The van der Waals surface area contributed by atoms with E-state index in [0.717, 1.165) is 36.0 Å². The molecule has 0 N–H and O–H groups in total. The van der Waals surface area contributed by atoms with E-state index >= 15 is 0 Å². The first-order valence-electron chi connectivity index (χ1n) is 8.88. The fraction of sp³-hybridized carbons (Fsp3) is 0.429. The van der Waals surface area contributed by atoms with Crippen molar-refractivity contribution in [2.24, 2.45) is 0 Å². The SMILES string of the molecule is COc1ccc(CCN2CCCC(c3ccc(Cl)cc3)C2)cc1OC.Cl. The van der Waals surface area contributed by atoms with Crippen LogP contribution in [0.2, 0.25) is 5.02 Å². The molecule has 0 aromatic heterocycles. The Hall–Kier alpha value is -1.42. The third-order valence-electron chi connectivity index (χ3n) is 5.01. The number of piperidine rings is 1. The van der Waals surface area contributed by atoms with E-state index in [1.54, 1.807) is 14.2 Å². The van der Waals surface area contributed by atoms with E-state index in [9.17, 15) is 0 Å². The molecule has 0 radical (unpaired) electrons. The highest BCUT2D eigenvalue weighted by atomic mass is 35.5. The highest BCUT2D eigenvalue weighted by Crippen LogP contribution is 2.29. The van der Waals surface area contributed by atoms with E-state index in [-0.39, 0.29) is 12.4 Å². The summed E-state index contributed by atoms with van der Waals surface area (Å²) in [4.78, 5) is 2.57. The summed E-state index contributed by atoms with van der Waals surface area (Å²) in [5.74, 6) is 2.20. The molecule has 5 heteroatoms. The topological polar surface area (TPSA) is 21.7 Å². The van der Waals surface area contributed by atoms with Gasteiger partial charge in [-0.2, -0.15) is 0 Å². The monoisotopic (exact) mass is 395 g/mol. The van der Waals surface area contributed by atoms with Gasteiger partial charge >= 0.3 is 0 Å². The van der Waals surface area contributed by atoms with Crippen molar-refractivity contribution in [3.8, 4) is 11.5 Å². The quantitative estimate of drug-likeness (QED) is 0.670. The number of likely N-dealkylation sites (tertiary alicyclic amines) is 1. The number of benzene rings is 2. The lowest BCUT2D eigenvalue weighted by molar-refractivity contribution is 0.210. The molecule has 3 nitrogen and oxygen atoms in total. The lowest BCUT2D eigenvalue weighted by atomic mass is 9.90. The minimum atomic E-state index is 0. The summed E-state index contributed by atoms with van der Waals surface area (Å²) < 4.78 is 10.7. The van der Waals surface area contributed by atoms with Crippen LogP contribution in [0.1, 0.15) is 29.9 Å². The van der Waals surface area contributed by atoms with E-state index in [0.29, 0.717) is 5.92 Å². The molecule has 2 aromatic carbocycles. The summed E-state index contributed by atoms with van der Waals surface area (Å²) >= 11 is 6.01. The average molecular weight is 396 g/mol. The van der Waals surface area contributed by atoms with Gasteiger partial charge in [-0.1, -0.05) is 29.8 Å². The number of rotatable bonds is 6. The lowest BCUT2D eigenvalue weighted by Gasteiger charge is -2.33. The minimum absolute atomic E-state index is 0. The predicted octanol–water partition coefficient (Wildman–Crippen LogP) is 5.20. The van der Waals surface area contributed by atoms with Crippen LogP contribution < -0.4 is 9.47 Å². The first-order valence-corrected chi connectivity index (χ1v) is 9.26. The Balaban J connectivity index is 0.00000243. The van der Waals surface area contributed by atoms with E-state index in [4.69, 9.17) is 21.1 Å². The van der Waals surface area contributed by atoms with Crippen LogP contribution in [0.3, 0.4) is 0 Å². The highest BCUT2D eigenvalue weighted by Gasteiger charge is 2.21. The summed E-state index contributed by atoms with van der Waals surface area (Å²) in [5.41, 5.74) is 2.69. The fourth-order valence-corrected chi connectivity index (χ4v) is 3.71. The molecule has 2 aromatic rings.